The second kappa shape index (κ2) is 15.7. The summed E-state index contributed by atoms with van der Waals surface area (Å²) in [5, 5.41) is 40.2. The van der Waals surface area contributed by atoms with Crippen molar-refractivity contribution in [1.29, 1.82) is 0 Å². The molecule has 3 aliphatic carbocycles. The molecule has 17 heteroatoms. The van der Waals surface area contributed by atoms with Crippen molar-refractivity contribution in [3.8, 4) is 0 Å². The Hall–Kier alpha value is -5.10. The average molecular weight is 854 g/mol. The van der Waals surface area contributed by atoms with E-state index in [9.17, 15) is 39.3 Å². The number of rotatable bonds is 9. The van der Waals surface area contributed by atoms with Crippen LogP contribution >= 0.6 is 0 Å². The number of esters is 4. The smallest absolute Gasteiger partial charge is 0.408 e. The summed E-state index contributed by atoms with van der Waals surface area (Å²) in [5.74, 6) is -6.48. The molecule has 2 heterocycles. The second-order valence-electron chi connectivity index (χ2n) is 18.4. The van der Waals surface area contributed by atoms with Gasteiger partial charge in [0.2, 0.25) is 0 Å². The fourth-order valence-electron chi connectivity index (χ4n) is 9.75. The van der Waals surface area contributed by atoms with Crippen LogP contribution in [0.15, 0.2) is 64.3 Å². The molecule has 2 aromatic rings. The van der Waals surface area contributed by atoms with Crippen molar-refractivity contribution in [2.45, 2.75) is 141 Å². The monoisotopic (exact) mass is 853 g/mol. The van der Waals surface area contributed by atoms with Crippen molar-refractivity contribution in [2.75, 3.05) is 6.61 Å². The molecule has 2 unspecified atom stereocenters. The number of aliphatic hydroxyl groups excluding tert-OH is 1. The Balaban J connectivity index is 1.55. The van der Waals surface area contributed by atoms with Crippen molar-refractivity contribution < 1.29 is 76.9 Å². The Morgan fingerprint density at radius 3 is 2.13 bits per heavy atom. The van der Waals surface area contributed by atoms with Gasteiger partial charge in [0, 0.05) is 32.1 Å². The number of hydrogen-bond donors (Lipinski definition) is 4. The third-order valence-corrected chi connectivity index (χ3v) is 12.9. The Morgan fingerprint density at radius 2 is 1.59 bits per heavy atom. The number of hydrogen-bond acceptors (Lipinski definition) is 16. The minimum atomic E-state index is -2.61. The zero-order chi connectivity index (χ0) is 45.2. The lowest BCUT2D eigenvalue weighted by Crippen LogP contribution is -2.82. The molecule has 2 saturated carbocycles. The molecular weight excluding hydrogens is 798 g/mol. The van der Waals surface area contributed by atoms with Gasteiger partial charge in [-0.1, -0.05) is 32.0 Å². The molecule has 61 heavy (non-hydrogen) atoms. The van der Waals surface area contributed by atoms with E-state index in [-0.39, 0.29) is 35.5 Å². The molecule has 332 valence electrons. The van der Waals surface area contributed by atoms with E-state index in [2.05, 4.69) is 5.32 Å². The number of alkyl carbamates (subject to hydrolysis) is 1. The Labute approximate surface area is 353 Å². The van der Waals surface area contributed by atoms with E-state index < -0.39 is 118 Å². The summed E-state index contributed by atoms with van der Waals surface area (Å²) < 4.78 is 41.1. The molecule has 1 saturated heterocycles. The van der Waals surface area contributed by atoms with Gasteiger partial charge in [0.25, 0.3) is 0 Å². The van der Waals surface area contributed by atoms with E-state index >= 15 is 4.79 Å². The maximum absolute atomic E-state index is 15.5. The Bertz CT molecular complexity index is 2100. The van der Waals surface area contributed by atoms with Gasteiger partial charge in [0.1, 0.15) is 41.3 Å². The molecule has 0 radical (unpaired) electrons. The van der Waals surface area contributed by atoms with Crippen LogP contribution in [0.1, 0.15) is 104 Å². The number of benzene rings is 1. The molecule has 11 atom stereocenters. The van der Waals surface area contributed by atoms with Crippen LogP contribution in [0.2, 0.25) is 0 Å². The standard InChI is InChI=1S/C44H55NO16/c1-22-27(58-37(51)42(10,53)33(26-17-14-18-55-26)45-38(52)61-39(4,5)6)20-44(54)35(59-36(50)25-15-12-11-13-16-25)32-41(9,28(48)19-29-43(32,21-56-29)60-24(3)47)34(49)31(57-23(2)46)30(22)40(44,7)8/h11-18,27-29,31-33,35,48,53-54H,19-21H2,1-10H3,(H,45,52)/t27-,28-,29?,31+,32?,33+,35-,41+,42+,43-,44+/m0/s1. The summed E-state index contributed by atoms with van der Waals surface area (Å²) in [7, 11) is 0. The molecule has 4 N–H and O–H groups in total. The van der Waals surface area contributed by atoms with E-state index in [0.717, 1.165) is 20.8 Å². The van der Waals surface area contributed by atoms with Gasteiger partial charge >= 0.3 is 30.0 Å². The van der Waals surface area contributed by atoms with E-state index in [0.29, 0.717) is 0 Å². The lowest BCUT2D eigenvalue weighted by Gasteiger charge is -2.67. The first-order chi connectivity index (χ1) is 28.2. The van der Waals surface area contributed by atoms with E-state index in [4.69, 9.17) is 32.8 Å². The van der Waals surface area contributed by atoms with Crippen LogP contribution in [0.25, 0.3) is 0 Å². The first kappa shape index (κ1) is 45.4. The van der Waals surface area contributed by atoms with Crippen LogP contribution in [-0.4, -0.2) is 111 Å². The summed E-state index contributed by atoms with van der Waals surface area (Å²) in [6.45, 7) is 13.8. The summed E-state index contributed by atoms with van der Waals surface area (Å²) >= 11 is 0. The predicted octanol–water partition coefficient (Wildman–Crippen LogP) is 3.81. The number of carbonyl (C=O) groups is 6. The normalized spacial score (nSPS) is 33.1. The van der Waals surface area contributed by atoms with Gasteiger partial charge in [-0.3, -0.25) is 14.4 Å². The molecule has 2 bridgehead atoms. The third kappa shape index (κ3) is 7.63. The molecule has 1 aliphatic heterocycles. The highest BCUT2D eigenvalue weighted by atomic mass is 16.6. The zero-order valence-electron chi connectivity index (χ0n) is 35.9. The molecule has 17 nitrogen and oxygen atoms in total. The van der Waals surface area contributed by atoms with Crippen LogP contribution in [0, 0.1) is 16.7 Å². The lowest BCUT2D eigenvalue weighted by molar-refractivity contribution is -0.346. The minimum Gasteiger partial charge on any atom is -0.467 e. The summed E-state index contributed by atoms with van der Waals surface area (Å²) in [6.07, 6.45) is -8.40. The highest BCUT2D eigenvalue weighted by Gasteiger charge is 2.78. The molecule has 3 fully saturated rings. The fraction of sp³-hybridized carbons (Fsp3) is 0.591. The van der Waals surface area contributed by atoms with Crippen molar-refractivity contribution in [3.05, 3.63) is 71.2 Å². The highest BCUT2D eigenvalue weighted by molar-refractivity contribution is 5.95. The van der Waals surface area contributed by atoms with Crippen LogP contribution in [0.4, 0.5) is 4.79 Å². The third-order valence-electron chi connectivity index (χ3n) is 12.9. The van der Waals surface area contributed by atoms with Crippen LogP contribution < -0.4 is 5.32 Å². The maximum atomic E-state index is 15.5. The number of fused-ring (bicyclic) bond motifs is 5. The highest BCUT2D eigenvalue weighted by Crippen LogP contribution is 2.64. The molecule has 1 amide bonds. The summed E-state index contributed by atoms with van der Waals surface area (Å²) in [4.78, 5) is 83.1. The maximum Gasteiger partial charge on any atom is 0.408 e. The first-order valence-corrected chi connectivity index (χ1v) is 20.1. The number of amides is 1. The van der Waals surface area contributed by atoms with Gasteiger partial charge < -0.3 is 53.5 Å². The predicted molar refractivity (Wildman–Crippen MR) is 210 cm³/mol. The van der Waals surface area contributed by atoms with E-state index in [1.165, 1.54) is 44.4 Å². The molecular formula is C44H55NO16. The quantitative estimate of drug-likeness (QED) is 0.159. The van der Waals surface area contributed by atoms with Crippen molar-refractivity contribution in [3.63, 3.8) is 0 Å². The average Bonchev–Trinajstić information content (AvgIpc) is 3.69. The van der Waals surface area contributed by atoms with Gasteiger partial charge in [0.05, 0.1) is 35.9 Å². The second-order valence-corrected chi connectivity index (χ2v) is 18.4. The number of aliphatic hydroxyl groups is 3. The van der Waals surface area contributed by atoms with Crippen LogP contribution in [0.3, 0.4) is 0 Å². The van der Waals surface area contributed by atoms with Gasteiger partial charge in [-0.2, -0.15) is 0 Å². The van der Waals surface area contributed by atoms with Gasteiger partial charge in [-0.25, -0.2) is 14.4 Å². The Kier molecular flexibility index (Phi) is 11.7. The van der Waals surface area contributed by atoms with Crippen molar-refractivity contribution >= 4 is 35.8 Å². The number of nitrogens with one attached hydrogen (secondary N) is 1. The van der Waals surface area contributed by atoms with Crippen LogP contribution in [0.5, 0.6) is 0 Å². The number of carbonyl (C=O) groups excluding carboxylic acids is 6. The molecule has 6 rings (SSSR count). The molecule has 1 aromatic carbocycles. The molecule has 0 spiro atoms. The van der Waals surface area contributed by atoms with Gasteiger partial charge in [-0.15, -0.1) is 0 Å². The topological polar surface area (TPSA) is 244 Å². The molecule has 1 aromatic heterocycles. The Morgan fingerprint density at radius 1 is 0.934 bits per heavy atom. The largest absolute Gasteiger partial charge is 0.467 e. The van der Waals surface area contributed by atoms with Crippen molar-refractivity contribution in [1.82, 2.24) is 5.32 Å². The van der Waals surface area contributed by atoms with Crippen molar-refractivity contribution in [2.24, 2.45) is 16.7 Å². The number of ketones is 1. The SMILES string of the molecule is CC(=O)O[C@H]1C(=O)[C@@]2(C)C([C@H](OC(=O)c3ccccc3)[C@]3(O)C[C@H](OC(=O)[C@](C)(O)[C@H](NC(=O)OC(C)(C)C)c4ccco4)C(C)=C1C3(C)C)[C@]1(OC(C)=O)COC1C[C@@H]2O. The van der Waals surface area contributed by atoms with E-state index in [1.54, 1.807) is 52.8 Å². The number of ether oxygens (including phenoxy) is 6. The molecule has 4 aliphatic rings. The number of furan rings is 1. The van der Waals surface area contributed by atoms with Gasteiger partial charge in [-0.05, 0) is 77.0 Å². The first-order valence-electron chi connectivity index (χ1n) is 20.1. The lowest BCUT2D eigenvalue weighted by atomic mass is 9.44. The zero-order valence-corrected chi connectivity index (χ0v) is 35.9. The van der Waals surface area contributed by atoms with Gasteiger partial charge in [0.15, 0.2) is 23.1 Å². The summed E-state index contributed by atoms with van der Waals surface area (Å²) in [6, 6.07) is 9.08. The minimum absolute atomic E-state index is 0.0329. The van der Waals surface area contributed by atoms with Crippen LogP contribution in [-0.2, 0) is 47.6 Å². The summed E-state index contributed by atoms with van der Waals surface area (Å²) in [5.41, 5.74) is -11.4. The van der Waals surface area contributed by atoms with E-state index in [1.807, 2.05) is 0 Å². The number of Topliss-reactive ketones (excluding diaryl/α,β-unsaturated/α-hetero) is 1. The fourth-order valence-corrected chi connectivity index (χ4v) is 9.75.